The number of carboxylic acids is 1. The lowest BCUT2D eigenvalue weighted by molar-refractivity contribution is -0.138. The van der Waals surface area contributed by atoms with Gasteiger partial charge in [0.1, 0.15) is 11.6 Å². The number of hydrogen-bond acceptors (Lipinski definition) is 4. The Kier molecular flexibility index (Phi) is 6.22. The molecule has 0 aliphatic carbocycles. The monoisotopic (exact) mass is 271 g/mol. The number of ether oxygens (including phenoxy) is 1. The molecule has 1 amide bonds. The largest absolute Gasteiger partial charge is 0.480 e. The fourth-order valence-electron chi connectivity index (χ4n) is 0.793. The Balaban J connectivity index is 4.26. The maximum Gasteiger partial charge on any atom is 0.408 e. The van der Waals surface area contributed by atoms with Gasteiger partial charge in [0, 0.05) is 5.75 Å². The Morgan fingerprint density at radius 1 is 1.41 bits per heavy atom. The first kappa shape index (κ1) is 16.0. The van der Waals surface area contributed by atoms with Gasteiger partial charge in [-0.15, -0.1) is 0 Å². The van der Waals surface area contributed by atoms with Gasteiger partial charge in [-0.25, -0.2) is 9.59 Å². The number of nitrogens with one attached hydrogen (secondary N) is 1. The van der Waals surface area contributed by atoms with Crippen molar-refractivity contribution in [2.75, 3.05) is 5.75 Å². The molecule has 0 aromatic rings. The van der Waals surface area contributed by atoms with Crippen molar-refractivity contribution in [3.63, 3.8) is 0 Å². The Labute approximate surface area is 102 Å². The predicted octanol–water partition coefficient (Wildman–Crippen LogP) is 1.92. The van der Waals surface area contributed by atoms with Crippen LogP contribution >= 0.6 is 11.8 Å². The molecule has 0 aromatic carbocycles. The average molecular weight is 271 g/mol. The van der Waals surface area contributed by atoms with E-state index >= 15 is 0 Å². The van der Waals surface area contributed by atoms with E-state index in [-0.39, 0.29) is 11.8 Å². The van der Waals surface area contributed by atoms with E-state index in [4.69, 9.17) is 9.84 Å². The topological polar surface area (TPSA) is 75.6 Å². The SMILES string of the molecule is CC(C)(C)OC(=O)NC(CSC(F)F)C(=O)O. The van der Waals surface area contributed by atoms with Crippen LogP contribution in [0.15, 0.2) is 0 Å². The molecule has 0 saturated carbocycles. The van der Waals surface area contributed by atoms with Gasteiger partial charge < -0.3 is 15.2 Å². The molecule has 5 nitrogen and oxygen atoms in total. The van der Waals surface area contributed by atoms with Crippen molar-refractivity contribution in [3.8, 4) is 0 Å². The number of amides is 1. The van der Waals surface area contributed by atoms with Crippen LogP contribution < -0.4 is 5.32 Å². The van der Waals surface area contributed by atoms with E-state index in [0.29, 0.717) is 0 Å². The fraction of sp³-hybridized carbons (Fsp3) is 0.778. The van der Waals surface area contributed by atoms with Crippen LogP contribution in [-0.4, -0.2) is 40.3 Å². The molecular formula is C9H15F2NO4S. The molecule has 0 aliphatic rings. The molecule has 0 aliphatic heterocycles. The molecule has 0 radical (unpaired) electrons. The highest BCUT2D eigenvalue weighted by atomic mass is 32.2. The zero-order chi connectivity index (χ0) is 13.6. The highest BCUT2D eigenvalue weighted by Gasteiger charge is 2.24. The van der Waals surface area contributed by atoms with E-state index in [1.807, 2.05) is 5.32 Å². The summed E-state index contributed by atoms with van der Waals surface area (Å²) >= 11 is 0.143. The summed E-state index contributed by atoms with van der Waals surface area (Å²) in [6.07, 6.45) is -0.945. The molecule has 1 atom stereocenters. The Morgan fingerprint density at radius 3 is 2.29 bits per heavy atom. The lowest BCUT2D eigenvalue weighted by Crippen LogP contribution is -2.45. The van der Waals surface area contributed by atoms with Crippen molar-refractivity contribution in [1.29, 1.82) is 0 Å². The average Bonchev–Trinajstić information content (AvgIpc) is 2.08. The number of alkyl halides is 2. The van der Waals surface area contributed by atoms with Gasteiger partial charge in [-0.3, -0.25) is 0 Å². The molecule has 0 heterocycles. The van der Waals surface area contributed by atoms with E-state index in [2.05, 4.69) is 0 Å². The summed E-state index contributed by atoms with van der Waals surface area (Å²) in [5.74, 6) is -4.49. The normalized spacial score (nSPS) is 13.3. The fourth-order valence-corrected chi connectivity index (χ4v) is 1.36. The first-order chi connectivity index (χ1) is 7.61. The standard InChI is InChI=1S/C9H15F2NO4S/c1-9(2,3)16-8(15)12-5(6(13)14)4-17-7(10)11/h5,7H,4H2,1-3H3,(H,12,15)(H,13,14). The summed E-state index contributed by atoms with van der Waals surface area (Å²) in [6, 6.07) is -1.40. The lowest BCUT2D eigenvalue weighted by Gasteiger charge is -2.21. The van der Waals surface area contributed by atoms with Crippen molar-refractivity contribution in [2.45, 2.75) is 38.2 Å². The van der Waals surface area contributed by atoms with Gasteiger partial charge in [-0.1, -0.05) is 11.8 Å². The van der Waals surface area contributed by atoms with E-state index in [1.165, 1.54) is 0 Å². The van der Waals surface area contributed by atoms with Crippen LogP contribution in [-0.2, 0) is 9.53 Å². The summed E-state index contributed by atoms with van der Waals surface area (Å²) in [7, 11) is 0. The van der Waals surface area contributed by atoms with Crippen molar-refractivity contribution in [3.05, 3.63) is 0 Å². The Bertz CT molecular complexity index is 281. The van der Waals surface area contributed by atoms with Crippen molar-refractivity contribution in [1.82, 2.24) is 5.32 Å². The van der Waals surface area contributed by atoms with Crippen molar-refractivity contribution in [2.24, 2.45) is 0 Å². The number of alkyl carbamates (subject to hydrolysis) is 1. The first-order valence-corrected chi connectivity index (χ1v) is 5.79. The number of rotatable bonds is 5. The van der Waals surface area contributed by atoms with Crippen molar-refractivity contribution >= 4 is 23.8 Å². The van der Waals surface area contributed by atoms with Crippen LogP contribution in [0.2, 0.25) is 0 Å². The molecule has 0 bridgehead atoms. The summed E-state index contributed by atoms with van der Waals surface area (Å²) in [4.78, 5) is 21.9. The molecule has 8 heteroatoms. The molecule has 1 unspecified atom stereocenters. The number of thioether (sulfide) groups is 1. The molecular weight excluding hydrogens is 256 g/mol. The zero-order valence-corrected chi connectivity index (χ0v) is 10.5. The van der Waals surface area contributed by atoms with Gasteiger partial charge in [0.25, 0.3) is 5.76 Å². The number of hydrogen-bond donors (Lipinski definition) is 2. The predicted molar refractivity (Wildman–Crippen MR) is 59.3 cm³/mol. The van der Waals surface area contributed by atoms with E-state index in [0.717, 1.165) is 0 Å². The molecule has 2 N–H and O–H groups in total. The second kappa shape index (κ2) is 6.63. The molecule has 17 heavy (non-hydrogen) atoms. The summed E-state index contributed by atoms with van der Waals surface area (Å²) in [5.41, 5.74) is -0.775. The Hall–Kier alpha value is -1.05. The number of carbonyl (C=O) groups excluding carboxylic acids is 1. The maximum atomic E-state index is 11.9. The van der Waals surface area contributed by atoms with Crippen LogP contribution in [0.1, 0.15) is 20.8 Å². The minimum atomic E-state index is -2.68. The summed E-state index contributed by atoms with van der Waals surface area (Å²) in [6.45, 7) is 4.82. The van der Waals surface area contributed by atoms with Crippen LogP contribution in [0, 0.1) is 0 Å². The maximum absolute atomic E-state index is 11.9. The molecule has 0 fully saturated rings. The zero-order valence-electron chi connectivity index (χ0n) is 9.70. The highest BCUT2D eigenvalue weighted by molar-refractivity contribution is 7.99. The van der Waals surface area contributed by atoms with Gasteiger partial charge in [-0.2, -0.15) is 8.78 Å². The molecule has 0 spiro atoms. The molecule has 100 valence electrons. The Morgan fingerprint density at radius 2 is 1.94 bits per heavy atom. The second-order valence-corrected chi connectivity index (χ2v) is 5.15. The number of halogens is 2. The highest BCUT2D eigenvalue weighted by Crippen LogP contribution is 2.15. The van der Waals surface area contributed by atoms with Crippen LogP contribution in [0.5, 0.6) is 0 Å². The van der Waals surface area contributed by atoms with Crippen LogP contribution in [0.3, 0.4) is 0 Å². The van der Waals surface area contributed by atoms with Crippen LogP contribution in [0.25, 0.3) is 0 Å². The minimum Gasteiger partial charge on any atom is -0.480 e. The third-order valence-electron chi connectivity index (χ3n) is 1.38. The summed E-state index contributed by atoms with van der Waals surface area (Å²) < 4.78 is 28.6. The third kappa shape index (κ3) is 8.73. The minimum absolute atomic E-state index is 0.143. The number of aliphatic carboxylic acids is 1. The quantitative estimate of drug-likeness (QED) is 0.799. The summed E-state index contributed by atoms with van der Waals surface area (Å²) in [5, 5.41) is 10.7. The first-order valence-electron chi connectivity index (χ1n) is 4.74. The third-order valence-corrected chi connectivity index (χ3v) is 2.16. The van der Waals surface area contributed by atoms with E-state index in [1.54, 1.807) is 20.8 Å². The number of carbonyl (C=O) groups is 2. The van der Waals surface area contributed by atoms with E-state index in [9.17, 15) is 18.4 Å². The smallest absolute Gasteiger partial charge is 0.408 e. The van der Waals surface area contributed by atoms with Gasteiger partial charge in [-0.05, 0) is 20.8 Å². The van der Waals surface area contributed by atoms with Crippen molar-refractivity contribution < 1.29 is 28.2 Å². The molecule has 0 aromatic heterocycles. The van der Waals surface area contributed by atoms with Gasteiger partial charge in [0.2, 0.25) is 0 Å². The lowest BCUT2D eigenvalue weighted by atomic mass is 10.2. The number of carboxylic acid groups (broad SMARTS) is 1. The van der Waals surface area contributed by atoms with Gasteiger partial charge in [0.15, 0.2) is 0 Å². The molecule has 0 saturated heterocycles. The van der Waals surface area contributed by atoms with Gasteiger partial charge >= 0.3 is 12.1 Å². The van der Waals surface area contributed by atoms with E-state index < -0.39 is 35.2 Å². The van der Waals surface area contributed by atoms with Crippen LogP contribution in [0.4, 0.5) is 13.6 Å². The second-order valence-electron chi connectivity index (χ2n) is 4.13. The molecule has 0 rings (SSSR count). The van der Waals surface area contributed by atoms with Gasteiger partial charge in [0.05, 0.1) is 0 Å².